The van der Waals surface area contributed by atoms with E-state index in [0.29, 0.717) is 0 Å². The minimum atomic E-state index is -0.368. The molecule has 0 saturated heterocycles. The van der Waals surface area contributed by atoms with Gasteiger partial charge in [0.15, 0.2) is 0 Å². The molecule has 0 aromatic heterocycles. The maximum atomic E-state index is 12.7. The number of rotatable bonds is 4. The SMILES string of the molecule is CCc1cccc(C)c1NC(=O)/C(C#N)=C\N1c2ccccc2CC1C. The molecule has 0 radical (unpaired) electrons. The van der Waals surface area contributed by atoms with Crippen LogP contribution in [0.2, 0.25) is 0 Å². The highest BCUT2D eigenvalue weighted by Crippen LogP contribution is 2.32. The van der Waals surface area contributed by atoms with E-state index >= 15 is 0 Å². The molecule has 132 valence electrons. The lowest BCUT2D eigenvalue weighted by Gasteiger charge is -2.21. The number of hydrogen-bond acceptors (Lipinski definition) is 3. The van der Waals surface area contributed by atoms with Crippen molar-refractivity contribution in [3.05, 3.63) is 70.9 Å². The van der Waals surface area contributed by atoms with Crippen LogP contribution in [0.5, 0.6) is 0 Å². The summed E-state index contributed by atoms with van der Waals surface area (Å²) in [7, 11) is 0. The number of fused-ring (bicyclic) bond motifs is 1. The van der Waals surface area contributed by atoms with Crippen LogP contribution in [-0.4, -0.2) is 11.9 Å². The fraction of sp³-hybridized carbons (Fsp3) is 0.273. The highest BCUT2D eigenvalue weighted by molar-refractivity contribution is 6.07. The Morgan fingerprint density at radius 2 is 2.08 bits per heavy atom. The van der Waals surface area contributed by atoms with E-state index in [9.17, 15) is 10.1 Å². The second-order valence-electron chi connectivity index (χ2n) is 6.66. The van der Waals surface area contributed by atoms with Crippen LogP contribution in [0.1, 0.15) is 30.5 Å². The lowest BCUT2D eigenvalue weighted by atomic mass is 10.1. The monoisotopic (exact) mass is 345 g/mol. The van der Waals surface area contributed by atoms with Crippen LogP contribution in [0.3, 0.4) is 0 Å². The molecule has 1 amide bonds. The molecule has 26 heavy (non-hydrogen) atoms. The van der Waals surface area contributed by atoms with Gasteiger partial charge in [0.1, 0.15) is 11.6 Å². The summed E-state index contributed by atoms with van der Waals surface area (Å²) in [6, 6.07) is 16.3. The van der Waals surface area contributed by atoms with Crippen LogP contribution in [0, 0.1) is 18.3 Å². The topological polar surface area (TPSA) is 56.1 Å². The van der Waals surface area contributed by atoms with Gasteiger partial charge in [0.05, 0.1) is 0 Å². The predicted molar refractivity (Wildman–Crippen MR) is 105 cm³/mol. The second-order valence-corrected chi connectivity index (χ2v) is 6.66. The molecule has 1 aliphatic heterocycles. The normalized spacial score (nSPS) is 16.2. The molecule has 0 saturated carbocycles. The Hall–Kier alpha value is -3.06. The minimum absolute atomic E-state index is 0.110. The zero-order valence-electron chi connectivity index (χ0n) is 15.4. The summed E-state index contributed by atoms with van der Waals surface area (Å²) in [5.41, 5.74) is 5.27. The lowest BCUT2D eigenvalue weighted by molar-refractivity contribution is -0.112. The van der Waals surface area contributed by atoms with Gasteiger partial charge in [-0.1, -0.05) is 43.3 Å². The molecule has 4 nitrogen and oxygen atoms in total. The number of anilines is 2. The van der Waals surface area contributed by atoms with Crippen LogP contribution >= 0.6 is 0 Å². The molecule has 2 aromatic rings. The summed E-state index contributed by atoms with van der Waals surface area (Å²) >= 11 is 0. The van der Waals surface area contributed by atoms with Crippen LogP contribution in [0.15, 0.2) is 54.2 Å². The predicted octanol–water partition coefficient (Wildman–Crippen LogP) is 4.35. The molecular weight excluding hydrogens is 322 g/mol. The summed E-state index contributed by atoms with van der Waals surface area (Å²) in [4.78, 5) is 14.8. The van der Waals surface area contributed by atoms with Crippen molar-refractivity contribution in [3.8, 4) is 6.07 Å². The summed E-state index contributed by atoms with van der Waals surface area (Å²) in [5, 5.41) is 12.5. The number of nitriles is 1. The van der Waals surface area contributed by atoms with Crippen LogP contribution in [-0.2, 0) is 17.6 Å². The number of hydrogen-bond donors (Lipinski definition) is 1. The molecule has 1 unspecified atom stereocenters. The Balaban J connectivity index is 1.89. The average molecular weight is 345 g/mol. The second kappa shape index (κ2) is 7.45. The fourth-order valence-corrected chi connectivity index (χ4v) is 3.45. The van der Waals surface area contributed by atoms with Crippen molar-refractivity contribution in [1.82, 2.24) is 0 Å². The first-order valence-electron chi connectivity index (χ1n) is 8.93. The number of aryl methyl sites for hydroxylation is 2. The zero-order valence-corrected chi connectivity index (χ0v) is 15.4. The smallest absolute Gasteiger partial charge is 0.267 e. The number of nitrogens with one attached hydrogen (secondary N) is 1. The molecule has 3 rings (SSSR count). The highest BCUT2D eigenvalue weighted by atomic mass is 16.1. The fourth-order valence-electron chi connectivity index (χ4n) is 3.45. The first-order valence-corrected chi connectivity index (χ1v) is 8.93. The number of amides is 1. The van der Waals surface area contributed by atoms with Crippen LogP contribution in [0.25, 0.3) is 0 Å². The zero-order chi connectivity index (χ0) is 18.7. The van der Waals surface area contributed by atoms with Gasteiger partial charge in [0, 0.05) is 23.6 Å². The van der Waals surface area contributed by atoms with Gasteiger partial charge in [-0.3, -0.25) is 4.79 Å². The third kappa shape index (κ3) is 3.34. The lowest BCUT2D eigenvalue weighted by Crippen LogP contribution is -2.26. The van der Waals surface area contributed by atoms with E-state index in [1.807, 2.05) is 55.1 Å². The van der Waals surface area contributed by atoms with E-state index in [1.54, 1.807) is 6.20 Å². The summed E-state index contributed by atoms with van der Waals surface area (Å²) in [5.74, 6) is -0.368. The van der Waals surface area contributed by atoms with E-state index in [2.05, 4.69) is 24.4 Å². The third-order valence-corrected chi connectivity index (χ3v) is 4.87. The van der Waals surface area contributed by atoms with E-state index < -0.39 is 0 Å². The molecule has 0 fully saturated rings. The first-order chi connectivity index (χ1) is 12.5. The summed E-state index contributed by atoms with van der Waals surface area (Å²) in [6.45, 7) is 6.11. The van der Waals surface area contributed by atoms with Gasteiger partial charge in [0.2, 0.25) is 0 Å². The number of nitrogens with zero attached hydrogens (tertiary/aromatic N) is 2. The standard InChI is InChI=1S/C22H23N3O/c1-4-17-10-7-8-15(2)21(17)24-22(26)19(13-23)14-25-16(3)12-18-9-5-6-11-20(18)25/h5-11,14,16H,4,12H2,1-3H3,(H,24,26)/b19-14-. The molecule has 0 spiro atoms. The quantitative estimate of drug-likeness (QED) is 0.662. The Morgan fingerprint density at radius 3 is 2.81 bits per heavy atom. The van der Waals surface area contributed by atoms with Crippen molar-refractivity contribution < 1.29 is 4.79 Å². The Kier molecular flexibility index (Phi) is 5.09. The van der Waals surface area contributed by atoms with Crippen LogP contribution in [0.4, 0.5) is 11.4 Å². The minimum Gasteiger partial charge on any atom is -0.343 e. The molecular formula is C22H23N3O. The average Bonchev–Trinajstić information content (AvgIpc) is 2.96. The largest absolute Gasteiger partial charge is 0.343 e. The molecule has 4 heteroatoms. The first kappa shape index (κ1) is 17.8. The third-order valence-electron chi connectivity index (χ3n) is 4.87. The number of carbonyl (C=O) groups excluding carboxylic acids is 1. The van der Waals surface area contributed by atoms with Crippen LogP contribution < -0.4 is 10.2 Å². The maximum absolute atomic E-state index is 12.7. The summed E-state index contributed by atoms with van der Waals surface area (Å²) in [6.07, 6.45) is 3.40. The van der Waals surface area contributed by atoms with Crippen molar-refractivity contribution in [1.29, 1.82) is 5.26 Å². The van der Waals surface area contributed by atoms with Crippen molar-refractivity contribution in [2.45, 2.75) is 39.7 Å². The molecule has 2 aromatic carbocycles. The van der Waals surface area contributed by atoms with Crippen molar-refractivity contribution in [2.75, 3.05) is 10.2 Å². The van der Waals surface area contributed by atoms with Gasteiger partial charge < -0.3 is 10.2 Å². The Labute approximate surface area is 154 Å². The number of benzene rings is 2. The Bertz CT molecular complexity index is 908. The Morgan fingerprint density at radius 1 is 1.31 bits per heavy atom. The molecule has 1 heterocycles. The van der Waals surface area contributed by atoms with Crippen molar-refractivity contribution in [3.63, 3.8) is 0 Å². The van der Waals surface area contributed by atoms with Crippen molar-refractivity contribution >= 4 is 17.3 Å². The molecule has 1 aliphatic rings. The maximum Gasteiger partial charge on any atom is 0.267 e. The van der Waals surface area contributed by atoms with E-state index in [4.69, 9.17) is 0 Å². The van der Waals surface area contributed by atoms with Gasteiger partial charge >= 0.3 is 0 Å². The van der Waals surface area contributed by atoms with Gasteiger partial charge in [0.25, 0.3) is 5.91 Å². The van der Waals surface area contributed by atoms with Gasteiger partial charge in [-0.2, -0.15) is 5.26 Å². The molecule has 1 atom stereocenters. The molecule has 0 bridgehead atoms. The van der Waals surface area contributed by atoms with E-state index in [0.717, 1.165) is 35.3 Å². The number of para-hydroxylation sites is 2. The number of carbonyl (C=O) groups is 1. The summed E-state index contributed by atoms with van der Waals surface area (Å²) < 4.78 is 0. The van der Waals surface area contributed by atoms with E-state index in [-0.39, 0.29) is 17.5 Å². The molecule has 1 N–H and O–H groups in total. The molecule has 0 aliphatic carbocycles. The van der Waals surface area contributed by atoms with Crippen molar-refractivity contribution in [2.24, 2.45) is 0 Å². The van der Waals surface area contributed by atoms with Gasteiger partial charge in [-0.25, -0.2) is 0 Å². The van der Waals surface area contributed by atoms with E-state index in [1.165, 1.54) is 5.56 Å². The highest BCUT2D eigenvalue weighted by Gasteiger charge is 2.25. The van der Waals surface area contributed by atoms with Gasteiger partial charge in [-0.15, -0.1) is 0 Å². The van der Waals surface area contributed by atoms with Gasteiger partial charge in [-0.05, 0) is 49.4 Å².